The van der Waals surface area contributed by atoms with Gasteiger partial charge in [0, 0.05) is 29.7 Å². The standard InChI is InChI=1S/C19H24O4/c1-11-3-7-16(21)18(23)12(11)4-5-13-14-6-8-17(22)19(14,2)10-9-15(13)20/h3,7,13-14,21,23H,4-6,8-10H2,1-2H3/t13-,14-,19-/m0/s1. The maximum Gasteiger partial charge on any atom is 0.160 e. The highest BCUT2D eigenvalue weighted by Gasteiger charge is 2.53. The molecule has 23 heavy (non-hydrogen) atoms. The van der Waals surface area contributed by atoms with Crippen molar-refractivity contribution in [1.29, 1.82) is 0 Å². The number of carbonyl (C=O) groups is 2. The van der Waals surface area contributed by atoms with E-state index in [0.29, 0.717) is 43.5 Å². The third kappa shape index (κ3) is 2.54. The van der Waals surface area contributed by atoms with E-state index >= 15 is 0 Å². The van der Waals surface area contributed by atoms with Gasteiger partial charge in [-0.25, -0.2) is 0 Å². The van der Waals surface area contributed by atoms with E-state index in [1.54, 1.807) is 6.07 Å². The average molecular weight is 316 g/mol. The van der Waals surface area contributed by atoms with Crippen LogP contribution in [0.25, 0.3) is 0 Å². The lowest BCUT2D eigenvalue weighted by molar-refractivity contribution is -0.136. The maximum atomic E-state index is 12.4. The second kappa shape index (κ2) is 5.66. The van der Waals surface area contributed by atoms with E-state index in [1.807, 2.05) is 13.8 Å². The Morgan fingerprint density at radius 3 is 2.70 bits per heavy atom. The topological polar surface area (TPSA) is 74.6 Å². The van der Waals surface area contributed by atoms with Gasteiger partial charge in [0.25, 0.3) is 0 Å². The molecule has 0 radical (unpaired) electrons. The predicted octanol–water partition coefficient (Wildman–Crippen LogP) is 3.30. The van der Waals surface area contributed by atoms with Gasteiger partial charge in [0.2, 0.25) is 0 Å². The van der Waals surface area contributed by atoms with E-state index < -0.39 is 0 Å². The van der Waals surface area contributed by atoms with Gasteiger partial charge in [0.1, 0.15) is 11.6 Å². The van der Waals surface area contributed by atoms with Crippen molar-refractivity contribution in [1.82, 2.24) is 0 Å². The lowest BCUT2D eigenvalue weighted by atomic mass is 9.62. The summed E-state index contributed by atoms with van der Waals surface area (Å²) in [7, 11) is 0. The summed E-state index contributed by atoms with van der Waals surface area (Å²) >= 11 is 0. The third-order valence-electron chi connectivity index (χ3n) is 6.13. The summed E-state index contributed by atoms with van der Waals surface area (Å²) in [5.74, 6) is 0.369. The van der Waals surface area contributed by atoms with Gasteiger partial charge in [-0.05, 0) is 50.2 Å². The number of aryl methyl sites for hydroxylation is 1. The fraction of sp³-hybridized carbons (Fsp3) is 0.579. The Kier molecular flexibility index (Phi) is 3.95. The summed E-state index contributed by atoms with van der Waals surface area (Å²) in [6.45, 7) is 3.91. The van der Waals surface area contributed by atoms with Gasteiger partial charge in [-0.1, -0.05) is 13.0 Å². The summed E-state index contributed by atoms with van der Waals surface area (Å²) < 4.78 is 0. The third-order valence-corrected chi connectivity index (χ3v) is 6.13. The van der Waals surface area contributed by atoms with Gasteiger partial charge in [-0.15, -0.1) is 0 Å². The molecule has 1 aromatic rings. The molecule has 2 N–H and O–H groups in total. The normalized spacial score (nSPS) is 30.5. The first kappa shape index (κ1) is 16.0. The van der Waals surface area contributed by atoms with Crippen LogP contribution in [-0.4, -0.2) is 21.8 Å². The summed E-state index contributed by atoms with van der Waals surface area (Å²) in [5.41, 5.74) is 1.28. The molecular formula is C19H24O4. The molecule has 1 aromatic carbocycles. The van der Waals surface area contributed by atoms with E-state index in [9.17, 15) is 19.8 Å². The van der Waals surface area contributed by atoms with Crippen LogP contribution in [0.1, 0.15) is 50.2 Å². The molecule has 124 valence electrons. The smallest absolute Gasteiger partial charge is 0.160 e. The summed E-state index contributed by atoms with van der Waals surface area (Å²) in [6, 6.07) is 3.25. The Morgan fingerprint density at radius 2 is 1.96 bits per heavy atom. The minimum absolute atomic E-state index is 0.0847. The Morgan fingerprint density at radius 1 is 1.22 bits per heavy atom. The minimum atomic E-state index is -0.339. The fourth-order valence-corrected chi connectivity index (χ4v) is 4.56. The molecule has 4 nitrogen and oxygen atoms in total. The monoisotopic (exact) mass is 316 g/mol. The number of carbonyl (C=O) groups excluding carboxylic acids is 2. The molecule has 0 aromatic heterocycles. The van der Waals surface area contributed by atoms with E-state index in [4.69, 9.17) is 0 Å². The zero-order valence-electron chi connectivity index (χ0n) is 13.8. The quantitative estimate of drug-likeness (QED) is 0.839. The van der Waals surface area contributed by atoms with Crippen molar-refractivity contribution in [3.05, 3.63) is 23.3 Å². The molecule has 0 aliphatic heterocycles. The van der Waals surface area contributed by atoms with Crippen LogP contribution in [0.5, 0.6) is 11.5 Å². The Labute approximate surface area is 136 Å². The number of Topliss-reactive ketones (excluding diaryl/α,β-unsaturated/α-hetero) is 2. The van der Waals surface area contributed by atoms with Crippen LogP contribution in [0.2, 0.25) is 0 Å². The van der Waals surface area contributed by atoms with Crippen LogP contribution in [-0.2, 0) is 16.0 Å². The van der Waals surface area contributed by atoms with Crippen molar-refractivity contribution < 1.29 is 19.8 Å². The lowest BCUT2D eigenvalue weighted by Gasteiger charge is -2.39. The second-order valence-electron chi connectivity index (χ2n) is 7.33. The number of aromatic hydroxyl groups is 2. The number of fused-ring (bicyclic) bond motifs is 1. The first-order chi connectivity index (χ1) is 10.8. The lowest BCUT2D eigenvalue weighted by Crippen LogP contribution is -2.42. The van der Waals surface area contributed by atoms with Crippen LogP contribution in [0.3, 0.4) is 0 Å². The number of rotatable bonds is 3. The largest absolute Gasteiger partial charge is 0.504 e. The number of phenolic OH excluding ortho intramolecular Hbond substituents is 2. The van der Waals surface area contributed by atoms with Gasteiger partial charge in [-0.2, -0.15) is 0 Å². The van der Waals surface area contributed by atoms with Crippen LogP contribution < -0.4 is 0 Å². The number of benzene rings is 1. The molecule has 0 saturated heterocycles. The SMILES string of the molecule is Cc1ccc(O)c(O)c1CC[C@@H]1C(=O)CC[C@]2(C)C(=O)CC[C@@H]12. The van der Waals surface area contributed by atoms with Crippen molar-refractivity contribution in [3.63, 3.8) is 0 Å². The Bertz CT molecular complexity index is 664. The van der Waals surface area contributed by atoms with E-state index in [1.165, 1.54) is 6.07 Å². The van der Waals surface area contributed by atoms with Crippen molar-refractivity contribution in [2.45, 2.75) is 52.4 Å². The molecule has 2 aliphatic rings. The molecule has 0 bridgehead atoms. The molecule has 4 heteroatoms. The van der Waals surface area contributed by atoms with E-state index in [2.05, 4.69) is 0 Å². The first-order valence-electron chi connectivity index (χ1n) is 8.41. The fourth-order valence-electron chi connectivity index (χ4n) is 4.56. The van der Waals surface area contributed by atoms with Crippen molar-refractivity contribution >= 4 is 11.6 Å². The molecule has 2 fully saturated rings. The van der Waals surface area contributed by atoms with Crippen molar-refractivity contribution in [2.75, 3.05) is 0 Å². The molecule has 0 unspecified atom stereocenters. The number of hydrogen-bond acceptors (Lipinski definition) is 4. The van der Waals surface area contributed by atoms with E-state index in [0.717, 1.165) is 12.0 Å². The average Bonchev–Trinajstić information content (AvgIpc) is 2.82. The zero-order chi connectivity index (χ0) is 16.8. The predicted molar refractivity (Wildman–Crippen MR) is 86.4 cm³/mol. The summed E-state index contributed by atoms with van der Waals surface area (Å²) in [6.07, 6.45) is 3.72. The van der Waals surface area contributed by atoms with E-state index in [-0.39, 0.29) is 34.5 Å². The summed E-state index contributed by atoms with van der Waals surface area (Å²) in [4.78, 5) is 24.6. The number of phenols is 2. The molecule has 0 amide bonds. The van der Waals surface area contributed by atoms with Crippen molar-refractivity contribution in [3.8, 4) is 11.5 Å². The first-order valence-corrected chi connectivity index (χ1v) is 8.41. The van der Waals surface area contributed by atoms with Crippen LogP contribution in [0.15, 0.2) is 12.1 Å². The number of hydrogen-bond donors (Lipinski definition) is 2. The molecule has 3 rings (SSSR count). The minimum Gasteiger partial charge on any atom is -0.504 e. The van der Waals surface area contributed by atoms with Gasteiger partial charge >= 0.3 is 0 Å². The van der Waals surface area contributed by atoms with Crippen LogP contribution in [0.4, 0.5) is 0 Å². The molecule has 2 saturated carbocycles. The van der Waals surface area contributed by atoms with Crippen molar-refractivity contribution in [2.24, 2.45) is 17.3 Å². The summed E-state index contributed by atoms with van der Waals surface area (Å²) in [5, 5.41) is 19.7. The maximum absolute atomic E-state index is 12.4. The van der Waals surface area contributed by atoms with Gasteiger partial charge in [0.05, 0.1) is 0 Å². The van der Waals surface area contributed by atoms with Crippen LogP contribution in [0, 0.1) is 24.2 Å². The highest BCUT2D eigenvalue weighted by molar-refractivity contribution is 5.92. The highest BCUT2D eigenvalue weighted by Crippen LogP contribution is 2.52. The Balaban J connectivity index is 1.81. The van der Waals surface area contributed by atoms with Gasteiger partial charge in [-0.3, -0.25) is 9.59 Å². The molecular weight excluding hydrogens is 292 g/mol. The van der Waals surface area contributed by atoms with Gasteiger partial charge in [0.15, 0.2) is 11.5 Å². The highest BCUT2D eigenvalue weighted by atomic mass is 16.3. The molecule has 2 aliphatic carbocycles. The van der Waals surface area contributed by atoms with Crippen LogP contribution >= 0.6 is 0 Å². The second-order valence-corrected chi connectivity index (χ2v) is 7.33. The number of ketones is 2. The zero-order valence-corrected chi connectivity index (χ0v) is 13.8. The molecule has 3 atom stereocenters. The molecule has 0 spiro atoms. The molecule has 0 heterocycles. The van der Waals surface area contributed by atoms with Gasteiger partial charge < -0.3 is 10.2 Å². The Hall–Kier alpha value is -1.84.